The quantitative estimate of drug-likeness (QED) is 0.595. The fraction of sp³-hybridized carbons (Fsp3) is 0.154. The molecule has 20 heavy (non-hydrogen) atoms. The van der Waals surface area contributed by atoms with E-state index in [1.54, 1.807) is 6.07 Å². The molecule has 0 saturated carbocycles. The molecule has 0 aliphatic carbocycles. The summed E-state index contributed by atoms with van der Waals surface area (Å²) in [6, 6.07) is 4.28. The maximum atomic E-state index is 12.0. The molecule has 0 saturated heterocycles. The number of nitrogens with one attached hydrogen (secondary N) is 1. The number of carbonyl (C=O) groups is 1. The lowest BCUT2D eigenvalue weighted by molar-refractivity contribution is -0.131. The summed E-state index contributed by atoms with van der Waals surface area (Å²) < 4.78 is 31.3. The summed E-state index contributed by atoms with van der Waals surface area (Å²) in [5.41, 5.74) is 0.411. The van der Waals surface area contributed by atoms with Crippen molar-refractivity contribution in [2.45, 2.75) is 4.90 Å². The van der Waals surface area contributed by atoms with Crippen LogP contribution in [-0.4, -0.2) is 33.1 Å². The number of terminal acetylenes is 1. The molecule has 0 bridgehead atoms. The molecule has 0 spiro atoms. The number of rotatable bonds is 6. The summed E-state index contributed by atoms with van der Waals surface area (Å²) in [5.74, 6) is 1.17. The standard InChI is InChI=1S/C13H13NO5S/c1-3-8-14-20(17,18)12-9-10(5-7-13(15)16)4-6-11(12)19-2/h1,4-7,9,14H,8H2,2H3,(H,15,16)/b7-5+. The van der Waals surface area contributed by atoms with Gasteiger partial charge in [-0.2, -0.15) is 4.72 Å². The van der Waals surface area contributed by atoms with E-state index in [1.165, 1.54) is 25.3 Å². The first kappa shape index (κ1) is 15.8. The maximum Gasteiger partial charge on any atom is 0.328 e. The number of carboxylic acids is 1. The molecule has 6 nitrogen and oxygen atoms in total. The van der Waals surface area contributed by atoms with E-state index < -0.39 is 16.0 Å². The smallest absolute Gasteiger partial charge is 0.328 e. The summed E-state index contributed by atoms with van der Waals surface area (Å²) in [6.07, 6.45) is 7.20. The van der Waals surface area contributed by atoms with Gasteiger partial charge in [0, 0.05) is 6.08 Å². The van der Waals surface area contributed by atoms with Crippen LogP contribution in [0.5, 0.6) is 5.75 Å². The van der Waals surface area contributed by atoms with Crippen LogP contribution in [0.25, 0.3) is 6.08 Å². The van der Waals surface area contributed by atoms with Crippen LogP contribution in [0.4, 0.5) is 0 Å². The number of ether oxygens (including phenoxy) is 1. The van der Waals surface area contributed by atoms with E-state index in [9.17, 15) is 13.2 Å². The molecule has 1 aromatic rings. The van der Waals surface area contributed by atoms with Crippen molar-refractivity contribution in [3.05, 3.63) is 29.8 Å². The van der Waals surface area contributed by atoms with Gasteiger partial charge >= 0.3 is 5.97 Å². The number of hydrogen-bond donors (Lipinski definition) is 2. The average Bonchev–Trinajstić information content (AvgIpc) is 2.42. The van der Waals surface area contributed by atoms with E-state index in [-0.39, 0.29) is 17.2 Å². The lowest BCUT2D eigenvalue weighted by atomic mass is 10.2. The Hall–Kier alpha value is -2.30. The highest BCUT2D eigenvalue weighted by atomic mass is 32.2. The molecular weight excluding hydrogens is 282 g/mol. The molecule has 0 amide bonds. The minimum Gasteiger partial charge on any atom is -0.495 e. The Balaban J connectivity index is 3.26. The van der Waals surface area contributed by atoms with E-state index >= 15 is 0 Å². The van der Waals surface area contributed by atoms with Crippen molar-refractivity contribution in [3.8, 4) is 18.1 Å². The van der Waals surface area contributed by atoms with Gasteiger partial charge in [-0.3, -0.25) is 0 Å². The minimum atomic E-state index is -3.83. The predicted octanol–water partition coefficient (Wildman–Crippen LogP) is 0.705. The largest absolute Gasteiger partial charge is 0.495 e. The molecule has 0 unspecified atom stereocenters. The second-order valence-corrected chi connectivity index (χ2v) is 5.35. The molecule has 1 rings (SSSR count). The topological polar surface area (TPSA) is 92.7 Å². The molecule has 0 heterocycles. The minimum absolute atomic E-state index is 0.109. The zero-order valence-corrected chi connectivity index (χ0v) is 11.5. The van der Waals surface area contributed by atoms with E-state index in [0.717, 1.165) is 6.08 Å². The molecule has 0 radical (unpaired) electrons. The normalized spacial score (nSPS) is 11.2. The molecule has 0 aromatic heterocycles. The van der Waals surface area contributed by atoms with Gasteiger partial charge in [-0.1, -0.05) is 12.0 Å². The first-order valence-corrected chi connectivity index (χ1v) is 6.91. The van der Waals surface area contributed by atoms with Gasteiger partial charge in [0.25, 0.3) is 0 Å². The predicted molar refractivity (Wildman–Crippen MR) is 73.7 cm³/mol. The van der Waals surface area contributed by atoms with Crippen LogP contribution in [0, 0.1) is 12.3 Å². The molecule has 0 aliphatic rings. The highest BCUT2D eigenvalue weighted by Gasteiger charge is 2.19. The van der Waals surface area contributed by atoms with Crippen LogP contribution in [0.1, 0.15) is 5.56 Å². The molecule has 106 valence electrons. The van der Waals surface area contributed by atoms with Crippen LogP contribution in [0.3, 0.4) is 0 Å². The first-order chi connectivity index (χ1) is 9.40. The number of carboxylic acid groups (broad SMARTS) is 1. The third kappa shape index (κ3) is 4.12. The molecule has 2 N–H and O–H groups in total. The van der Waals surface area contributed by atoms with Gasteiger partial charge in [0.2, 0.25) is 10.0 Å². The Morgan fingerprint density at radius 2 is 2.25 bits per heavy atom. The highest BCUT2D eigenvalue weighted by Crippen LogP contribution is 2.25. The molecule has 0 fully saturated rings. The van der Waals surface area contributed by atoms with Gasteiger partial charge in [-0.15, -0.1) is 6.42 Å². The molecule has 7 heteroatoms. The second kappa shape index (κ2) is 6.75. The summed E-state index contributed by atoms with van der Waals surface area (Å²) in [6.45, 7) is -0.152. The zero-order chi connectivity index (χ0) is 15.2. The fourth-order valence-electron chi connectivity index (χ4n) is 1.39. The van der Waals surface area contributed by atoms with Crippen molar-refractivity contribution < 1.29 is 23.1 Å². The number of aliphatic carboxylic acids is 1. The monoisotopic (exact) mass is 295 g/mol. The molecular formula is C13H13NO5S. The lowest BCUT2D eigenvalue weighted by Crippen LogP contribution is -2.24. The summed E-state index contributed by atoms with van der Waals surface area (Å²) >= 11 is 0. The van der Waals surface area contributed by atoms with E-state index in [1.807, 2.05) is 0 Å². The Kier molecular flexibility index (Phi) is 5.32. The Labute approximate surface area is 117 Å². The second-order valence-electron chi connectivity index (χ2n) is 3.61. The van der Waals surface area contributed by atoms with Gasteiger partial charge < -0.3 is 9.84 Å². The Bertz CT molecular complexity index is 670. The third-order valence-corrected chi connectivity index (χ3v) is 3.68. The number of methoxy groups -OCH3 is 1. The molecule has 0 atom stereocenters. The first-order valence-electron chi connectivity index (χ1n) is 5.43. The van der Waals surface area contributed by atoms with Crippen molar-refractivity contribution in [2.24, 2.45) is 0 Å². The number of benzene rings is 1. The number of sulfonamides is 1. The van der Waals surface area contributed by atoms with Crippen LogP contribution in [0.15, 0.2) is 29.2 Å². The highest BCUT2D eigenvalue weighted by molar-refractivity contribution is 7.89. The van der Waals surface area contributed by atoms with Crippen molar-refractivity contribution >= 4 is 22.1 Å². The lowest BCUT2D eigenvalue weighted by Gasteiger charge is -2.10. The third-order valence-electron chi connectivity index (χ3n) is 2.26. The Morgan fingerprint density at radius 3 is 2.80 bits per heavy atom. The van der Waals surface area contributed by atoms with E-state index in [2.05, 4.69) is 10.6 Å². The number of hydrogen-bond acceptors (Lipinski definition) is 4. The van der Waals surface area contributed by atoms with Gasteiger partial charge in [-0.25, -0.2) is 13.2 Å². The van der Waals surface area contributed by atoms with Crippen molar-refractivity contribution in [3.63, 3.8) is 0 Å². The maximum absolute atomic E-state index is 12.0. The fourth-order valence-corrected chi connectivity index (χ4v) is 2.53. The van der Waals surface area contributed by atoms with Crippen LogP contribution in [-0.2, 0) is 14.8 Å². The van der Waals surface area contributed by atoms with Gasteiger partial charge in [-0.05, 0) is 23.8 Å². The zero-order valence-electron chi connectivity index (χ0n) is 10.7. The van der Waals surface area contributed by atoms with E-state index in [0.29, 0.717) is 5.56 Å². The van der Waals surface area contributed by atoms with Crippen LogP contribution < -0.4 is 9.46 Å². The average molecular weight is 295 g/mol. The van der Waals surface area contributed by atoms with Crippen molar-refractivity contribution in [1.82, 2.24) is 4.72 Å². The van der Waals surface area contributed by atoms with Gasteiger partial charge in [0.05, 0.1) is 13.7 Å². The van der Waals surface area contributed by atoms with Gasteiger partial charge in [0.15, 0.2) is 0 Å². The van der Waals surface area contributed by atoms with E-state index in [4.69, 9.17) is 16.3 Å². The van der Waals surface area contributed by atoms with Crippen LogP contribution >= 0.6 is 0 Å². The Morgan fingerprint density at radius 1 is 1.55 bits per heavy atom. The summed E-state index contributed by atoms with van der Waals surface area (Å²) in [7, 11) is -2.49. The summed E-state index contributed by atoms with van der Waals surface area (Å²) in [5, 5.41) is 8.56. The molecule has 0 aliphatic heterocycles. The SMILES string of the molecule is C#CCNS(=O)(=O)c1cc(/C=C/C(=O)O)ccc1OC. The molecule has 1 aromatic carbocycles. The van der Waals surface area contributed by atoms with Gasteiger partial charge in [0.1, 0.15) is 10.6 Å². The van der Waals surface area contributed by atoms with Crippen molar-refractivity contribution in [2.75, 3.05) is 13.7 Å². The summed E-state index contributed by atoms with van der Waals surface area (Å²) in [4.78, 5) is 10.3. The van der Waals surface area contributed by atoms with Crippen LogP contribution in [0.2, 0.25) is 0 Å². The van der Waals surface area contributed by atoms with Crippen molar-refractivity contribution in [1.29, 1.82) is 0 Å².